The van der Waals surface area contributed by atoms with Gasteiger partial charge in [0, 0.05) is 24.0 Å². The second-order valence-electron chi connectivity index (χ2n) is 8.16. The van der Waals surface area contributed by atoms with E-state index in [0.717, 1.165) is 49.1 Å². The van der Waals surface area contributed by atoms with Crippen molar-refractivity contribution >= 4 is 22.8 Å². The maximum Gasteiger partial charge on any atom is 0.287 e. The van der Waals surface area contributed by atoms with Crippen molar-refractivity contribution in [3.63, 3.8) is 0 Å². The number of benzene rings is 2. The van der Waals surface area contributed by atoms with Crippen LogP contribution in [0.25, 0.3) is 11.0 Å². The van der Waals surface area contributed by atoms with E-state index in [2.05, 4.69) is 10.2 Å². The minimum atomic E-state index is -0.249. The molecule has 4 rings (SSSR count). The van der Waals surface area contributed by atoms with E-state index in [9.17, 15) is 9.59 Å². The summed E-state index contributed by atoms with van der Waals surface area (Å²) in [5.74, 6) is 0.481. The monoisotopic (exact) mass is 435 g/mol. The van der Waals surface area contributed by atoms with E-state index in [1.165, 1.54) is 0 Å². The molecule has 7 heteroatoms. The molecular weight excluding hydrogens is 406 g/mol. The number of nitrogens with two attached hydrogens (primary N) is 1. The molecule has 1 atom stereocenters. The number of fused-ring (bicyclic) bond motifs is 1. The second-order valence-corrected chi connectivity index (χ2v) is 8.16. The maximum atomic E-state index is 12.9. The summed E-state index contributed by atoms with van der Waals surface area (Å²) in [5, 5.41) is 3.84. The molecule has 1 aliphatic heterocycles. The van der Waals surface area contributed by atoms with Gasteiger partial charge in [0.05, 0.1) is 5.92 Å². The Morgan fingerprint density at radius 2 is 1.91 bits per heavy atom. The van der Waals surface area contributed by atoms with Gasteiger partial charge in [-0.2, -0.15) is 0 Å². The molecule has 2 heterocycles. The number of carbonyl (C=O) groups excluding carboxylic acids is 2. The van der Waals surface area contributed by atoms with Crippen LogP contribution in [0.5, 0.6) is 5.75 Å². The van der Waals surface area contributed by atoms with E-state index in [0.29, 0.717) is 18.7 Å². The van der Waals surface area contributed by atoms with Gasteiger partial charge in [0.15, 0.2) is 5.76 Å². The topological polar surface area (TPSA) is 97.8 Å². The van der Waals surface area contributed by atoms with Crippen molar-refractivity contribution in [2.45, 2.75) is 25.9 Å². The fourth-order valence-electron chi connectivity index (χ4n) is 4.17. The predicted octanol–water partition coefficient (Wildman–Crippen LogP) is 3.33. The van der Waals surface area contributed by atoms with Gasteiger partial charge in [-0.3, -0.25) is 9.59 Å². The molecule has 32 heavy (non-hydrogen) atoms. The highest BCUT2D eigenvalue weighted by molar-refractivity contribution is 5.99. The molecule has 2 aromatic carbocycles. The third kappa shape index (κ3) is 5.29. The Balaban J connectivity index is 1.36. The number of likely N-dealkylation sites (tertiary alicyclic amines) is 1. The molecule has 0 bridgehead atoms. The largest absolute Gasteiger partial charge is 0.489 e. The maximum absolute atomic E-state index is 12.9. The number of carbonyl (C=O) groups is 2. The quantitative estimate of drug-likeness (QED) is 0.503. The molecule has 168 valence electrons. The summed E-state index contributed by atoms with van der Waals surface area (Å²) in [7, 11) is 0. The summed E-state index contributed by atoms with van der Waals surface area (Å²) in [4.78, 5) is 26.6. The SMILES string of the molecule is NC(=O)C1CCCN(CCCNC(=O)c2oc3ccccc3c2COc2ccccc2)C1. The third-order valence-corrected chi connectivity index (χ3v) is 5.88. The van der Waals surface area contributed by atoms with Gasteiger partial charge in [-0.15, -0.1) is 0 Å². The number of hydrogen-bond acceptors (Lipinski definition) is 5. The van der Waals surface area contributed by atoms with Crippen molar-refractivity contribution in [3.05, 3.63) is 65.9 Å². The van der Waals surface area contributed by atoms with Crippen LogP contribution in [0.1, 0.15) is 35.4 Å². The summed E-state index contributed by atoms with van der Waals surface area (Å²) in [6.45, 7) is 3.24. The van der Waals surface area contributed by atoms with Crippen LogP contribution in [0, 0.1) is 5.92 Å². The van der Waals surface area contributed by atoms with Crippen molar-refractivity contribution < 1.29 is 18.7 Å². The fraction of sp³-hybridized carbons (Fsp3) is 0.360. The van der Waals surface area contributed by atoms with E-state index in [1.807, 2.05) is 54.6 Å². The second kappa shape index (κ2) is 10.3. The number of piperidine rings is 1. The lowest BCUT2D eigenvalue weighted by molar-refractivity contribution is -0.123. The predicted molar refractivity (Wildman–Crippen MR) is 122 cm³/mol. The molecule has 1 saturated heterocycles. The van der Waals surface area contributed by atoms with Gasteiger partial charge in [-0.1, -0.05) is 36.4 Å². The average molecular weight is 436 g/mol. The number of hydrogen-bond donors (Lipinski definition) is 2. The van der Waals surface area contributed by atoms with Crippen molar-refractivity contribution in [1.29, 1.82) is 0 Å². The molecule has 1 aliphatic rings. The average Bonchev–Trinajstić information content (AvgIpc) is 3.20. The number of para-hydroxylation sites is 2. The summed E-state index contributed by atoms with van der Waals surface area (Å²) >= 11 is 0. The highest BCUT2D eigenvalue weighted by atomic mass is 16.5. The smallest absolute Gasteiger partial charge is 0.287 e. The Bertz CT molecular complexity index is 1060. The zero-order chi connectivity index (χ0) is 22.3. The number of furan rings is 1. The van der Waals surface area contributed by atoms with Crippen molar-refractivity contribution in [1.82, 2.24) is 10.2 Å². The lowest BCUT2D eigenvalue weighted by Gasteiger charge is -2.31. The van der Waals surface area contributed by atoms with E-state index < -0.39 is 0 Å². The first-order valence-corrected chi connectivity index (χ1v) is 11.1. The Morgan fingerprint density at radius 1 is 1.12 bits per heavy atom. The summed E-state index contributed by atoms with van der Waals surface area (Å²) in [6.07, 6.45) is 2.62. The van der Waals surface area contributed by atoms with Gasteiger partial charge < -0.3 is 25.1 Å². The lowest BCUT2D eigenvalue weighted by Crippen LogP contribution is -2.42. The zero-order valence-corrected chi connectivity index (χ0v) is 18.1. The van der Waals surface area contributed by atoms with Crippen molar-refractivity contribution in [2.24, 2.45) is 11.7 Å². The van der Waals surface area contributed by atoms with Crippen LogP contribution in [0.3, 0.4) is 0 Å². The molecular formula is C25H29N3O4. The Labute approximate surface area is 187 Å². The fourth-order valence-corrected chi connectivity index (χ4v) is 4.17. The van der Waals surface area contributed by atoms with Gasteiger partial charge in [0.1, 0.15) is 17.9 Å². The molecule has 0 radical (unpaired) electrons. The first-order chi connectivity index (χ1) is 15.6. The number of rotatable bonds is 9. The minimum Gasteiger partial charge on any atom is -0.489 e. The van der Waals surface area contributed by atoms with E-state index >= 15 is 0 Å². The van der Waals surface area contributed by atoms with Crippen molar-refractivity contribution in [2.75, 3.05) is 26.2 Å². The number of ether oxygens (including phenoxy) is 1. The first-order valence-electron chi connectivity index (χ1n) is 11.1. The number of amides is 2. The highest BCUT2D eigenvalue weighted by Gasteiger charge is 2.24. The zero-order valence-electron chi connectivity index (χ0n) is 18.1. The summed E-state index contributed by atoms with van der Waals surface area (Å²) in [5.41, 5.74) is 6.85. The van der Waals surface area contributed by atoms with Crippen LogP contribution in [-0.4, -0.2) is 42.9 Å². The van der Waals surface area contributed by atoms with Crippen LogP contribution < -0.4 is 15.8 Å². The normalized spacial score (nSPS) is 16.7. The highest BCUT2D eigenvalue weighted by Crippen LogP contribution is 2.27. The Hall–Kier alpha value is -3.32. The molecule has 0 saturated carbocycles. The number of nitrogens with one attached hydrogen (secondary N) is 1. The first kappa shape index (κ1) is 21.9. The molecule has 0 aliphatic carbocycles. The van der Waals surface area contributed by atoms with E-state index in [1.54, 1.807) is 0 Å². The third-order valence-electron chi connectivity index (χ3n) is 5.88. The van der Waals surface area contributed by atoms with Crippen molar-refractivity contribution in [3.8, 4) is 5.75 Å². The van der Waals surface area contributed by atoms with Gasteiger partial charge in [-0.25, -0.2) is 0 Å². The molecule has 3 N–H and O–H groups in total. The molecule has 1 fully saturated rings. The number of nitrogens with zero attached hydrogens (tertiary/aromatic N) is 1. The number of primary amides is 1. The van der Waals surface area contributed by atoms with Crippen LogP contribution in [0.2, 0.25) is 0 Å². The Morgan fingerprint density at radius 3 is 2.72 bits per heavy atom. The lowest BCUT2D eigenvalue weighted by atomic mass is 9.97. The van der Waals surface area contributed by atoms with Gasteiger partial charge in [0.2, 0.25) is 5.91 Å². The summed E-state index contributed by atoms with van der Waals surface area (Å²) in [6, 6.07) is 17.1. The molecule has 3 aromatic rings. The van der Waals surface area contributed by atoms with Crippen LogP contribution in [0.4, 0.5) is 0 Å². The van der Waals surface area contributed by atoms with Gasteiger partial charge in [0.25, 0.3) is 5.91 Å². The van der Waals surface area contributed by atoms with E-state index in [4.69, 9.17) is 14.9 Å². The molecule has 2 amide bonds. The molecule has 0 spiro atoms. The van der Waals surface area contributed by atoms with E-state index in [-0.39, 0.29) is 30.1 Å². The van der Waals surface area contributed by atoms with Gasteiger partial charge >= 0.3 is 0 Å². The molecule has 1 aromatic heterocycles. The minimum absolute atomic E-state index is 0.0685. The summed E-state index contributed by atoms with van der Waals surface area (Å²) < 4.78 is 11.8. The molecule has 1 unspecified atom stereocenters. The van der Waals surface area contributed by atoms with Gasteiger partial charge in [-0.05, 0) is 50.6 Å². The molecule has 7 nitrogen and oxygen atoms in total. The van der Waals surface area contributed by atoms with Crippen LogP contribution in [-0.2, 0) is 11.4 Å². The Kier molecular flexibility index (Phi) is 7.07. The standard InChI is InChI=1S/C25H29N3O4/c26-24(29)18-8-6-14-28(16-18)15-7-13-27-25(30)23-21(17-31-19-9-2-1-3-10-19)20-11-4-5-12-22(20)32-23/h1-5,9-12,18H,6-8,13-17H2,(H2,26,29)(H,27,30). The van der Waals surface area contributed by atoms with Crippen LogP contribution in [0.15, 0.2) is 59.0 Å². The van der Waals surface area contributed by atoms with Crippen LogP contribution >= 0.6 is 0 Å².